The molecule has 0 bridgehead atoms. The van der Waals surface area contributed by atoms with Crippen molar-refractivity contribution in [2.75, 3.05) is 7.11 Å². The Bertz CT molecular complexity index is 860. The van der Waals surface area contributed by atoms with Crippen molar-refractivity contribution in [3.8, 4) is 22.8 Å². The van der Waals surface area contributed by atoms with Crippen molar-refractivity contribution >= 4 is 5.97 Å². The molecule has 0 saturated heterocycles. The second-order valence-corrected chi connectivity index (χ2v) is 5.25. The number of nitrogens with zero attached hydrogens (tertiary/aromatic N) is 1. The minimum absolute atomic E-state index is 0.383. The number of carbonyl (C=O) groups is 1. The molecule has 24 heavy (non-hydrogen) atoms. The average molecular weight is 319 g/mol. The van der Waals surface area contributed by atoms with Gasteiger partial charge in [-0.15, -0.1) is 0 Å². The first-order valence-electron chi connectivity index (χ1n) is 7.57. The summed E-state index contributed by atoms with van der Waals surface area (Å²) in [4.78, 5) is 16.9. The summed E-state index contributed by atoms with van der Waals surface area (Å²) >= 11 is 0. The highest BCUT2D eigenvalue weighted by molar-refractivity contribution is 5.95. The van der Waals surface area contributed by atoms with E-state index in [-0.39, 0.29) is 0 Å². The van der Waals surface area contributed by atoms with Crippen molar-refractivity contribution in [1.29, 1.82) is 0 Å². The molecule has 0 fully saturated rings. The molecule has 0 aliphatic rings. The van der Waals surface area contributed by atoms with Gasteiger partial charge in [-0.2, -0.15) is 0 Å². The summed E-state index contributed by atoms with van der Waals surface area (Å²) in [6.45, 7) is 1.96. The number of esters is 1. The maximum absolute atomic E-state index is 12.6. The fourth-order valence-electron chi connectivity index (χ4n) is 2.53. The number of carbonyl (C=O) groups excluding carboxylic acids is 1. The van der Waals surface area contributed by atoms with Gasteiger partial charge in [-0.25, -0.2) is 4.79 Å². The Morgan fingerprint density at radius 2 is 1.67 bits per heavy atom. The van der Waals surface area contributed by atoms with Crippen LogP contribution >= 0.6 is 0 Å². The number of benzene rings is 2. The van der Waals surface area contributed by atoms with Crippen LogP contribution in [0.5, 0.6) is 11.5 Å². The van der Waals surface area contributed by atoms with Crippen LogP contribution in [0.3, 0.4) is 0 Å². The number of aromatic nitrogens is 1. The van der Waals surface area contributed by atoms with E-state index in [1.807, 2.05) is 43.3 Å². The minimum atomic E-state index is -0.463. The molecule has 0 amide bonds. The van der Waals surface area contributed by atoms with Gasteiger partial charge in [0.15, 0.2) is 0 Å². The van der Waals surface area contributed by atoms with Crippen molar-refractivity contribution in [1.82, 2.24) is 4.98 Å². The number of hydrogen-bond donors (Lipinski definition) is 0. The molecule has 0 unspecified atom stereocenters. The van der Waals surface area contributed by atoms with Gasteiger partial charge < -0.3 is 9.47 Å². The first-order chi connectivity index (χ1) is 11.7. The summed E-state index contributed by atoms with van der Waals surface area (Å²) in [5.41, 5.74) is 2.94. The number of rotatable bonds is 4. The fourth-order valence-corrected chi connectivity index (χ4v) is 2.53. The van der Waals surface area contributed by atoms with E-state index in [9.17, 15) is 4.79 Å². The van der Waals surface area contributed by atoms with E-state index in [4.69, 9.17) is 9.47 Å². The zero-order chi connectivity index (χ0) is 16.9. The van der Waals surface area contributed by atoms with Gasteiger partial charge in [0.1, 0.15) is 17.1 Å². The number of aryl methyl sites for hydroxylation is 1. The van der Waals surface area contributed by atoms with E-state index < -0.39 is 5.97 Å². The first kappa shape index (κ1) is 15.7. The molecule has 0 N–H and O–H groups in total. The van der Waals surface area contributed by atoms with Crippen LogP contribution in [0.1, 0.15) is 15.9 Å². The molecule has 3 aromatic rings. The van der Waals surface area contributed by atoms with Gasteiger partial charge in [0, 0.05) is 11.8 Å². The summed E-state index contributed by atoms with van der Waals surface area (Å²) in [5.74, 6) is 0.495. The quantitative estimate of drug-likeness (QED) is 0.532. The smallest absolute Gasteiger partial charge is 0.347 e. The van der Waals surface area contributed by atoms with Gasteiger partial charge in [0.2, 0.25) is 0 Å². The SMILES string of the molecule is COc1ccccc1C(=O)Oc1cccc(C)c1-c1ccccn1. The topological polar surface area (TPSA) is 48.4 Å². The average Bonchev–Trinajstić information content (AvgIpc) is 2.62. The summed E-state index contributed by atoms with van der Waals surface area (Å²) < 4.78 is 10.9. The predicted octanol–water partition coefficient (Wildman–Crippen LogP) is 4.28. The molecule has 0 saturated carbocycles. The van der Waals surface area contributed by atoms with Crippen LogP contribution in [-0.2, 0) is 0 Å². The molecule has 0 radical (unpaired) electrons. The second kappa shape index (κ2) is 6.96. The molecular weight excluding hydrogens is 302 g/mol. The third-order valence-corrected chi connectivity index (χ3v) is 3.69. The Kier molecular flexibility index (Phi) is 4.57. The standard InChI is InChI=1S/C20H17NO3/c1-14-8-7-12-18(19(14)16-10-5-6-13-21-16)24-20(22)15-9-3-4-11-17(15)23-2/h3-13H,1-2H3. The van der Waals surface area contributed by atoms with Gasteiger partial charge in [0.05, 0.1) is 12.8 Å². The second-order valence-electron chi connectivity index (χ2n) is 5.25. The number of hydrogen-bond acceptors (Lipinski definition) is 4. The highest BCUT2D eigenvalue weighted by Crippen LogP contribution is 2.32. The van der Waals surface area contributed by atoms with E-state index in [0.717, 1.165) is 16.8 Å². The van der Waals surface area contributed by atoms with E-state index in [1.54, 1.807) is 30.5 Å². The van der Waals surface area contributed by atoms with E-state index in [2.05, 4.69) is 4.98 Å². The number of pyridine rings is 1. The lowest BCUT2D eigenvalue weighted by molar-refractivity contribution is 0.0732. The molecule has 0 aliphatic heterocycles. The molecule has 2 aromatic carbocycles. The summed E-state index contributed by atoms with van der Waals surface area (Å²) in [7, 11) is 1.53. The maximum Gasteiger partial charge on any atom is 0.347 e. The Balaban J connectivity index is 1.99. The molecule has 1 aromatic heterocycles. The van der Waals surface area contributed by atoms with Crippen molar-refractivity contribution in [3.63, 3.8) is 0 Å². The predicted molar refractivity (Wildman–Crippen MR) is 92.4 cm³/mol. The molecular formula is C20H17NO3. The van der Waals surface area contributed by atoms with Crippen molar-refractivity contribution in [3.05, 3.63) is 78.0 Å². The van der Waals surface area contributed by atoms with E-state index in [1.165, 1.54) is 7.11 Å². The Labute approximate surface area is 140 Å². The number of para-hydroxylation sites is 1. The van der Waals surface area contributed by atoms with Crippen LogP contribution in [0, 0.1) is 6.92 Å². The Morgan fingerprint density at radius 1 is 0.917 bits per heavy atom. The molecule has 4 nitrogen and oxygen atoms in total. The molecule has 120 valence electrons. The zero-order valence-corrected chi connectivity index (χ0v) is 13.5. The third kappa shape index (κ3) is 3.13. The third-order valence-electron chi connectivity index (χ3n) is 3.69. The number of ether oxygens (including phenoxy) is 2. The molecule has 4 heteroatoms. The van der Waals surface area contributed by atoms with Crippen molar-refractivity contribution in [2.24, 2.45) is 0 Å². The highest BCUT2D eigenvalue weighted by atomic mass is 16.5. The minimum Gasteiger partial charge on any atom is -0.496 e. The Hall–Kier alpha value is -3.14. The van der Waals surface area contributed by atoms with Gasteiger partial charge >= 0.3 is 5.97 Å². The largest absolute Gasteiger partial charge is 0.496 e. The van der Waals surface area contributed by atoms with Crippen LogP contribution < -0.4 is 9.47 Å². The van der Waals surface area contributed by atoms with Crippen molar-refractivity contribution in [2.45, 2.75) is 6.92 Å². The normalized spacial score (nSPS) is 10.2. The van der Waals surface area contributed by atoms with Gasteiger partial charge in [-0.05, 0) is 42.8 Å². The molecule has 3 rings (SSSR count). The lowest BCUT2D eigenvalue weighted by atomic mass is 10.0. The lowest BCUT2D eigenvalue weighted by Crippen LogP contribution is -2.11. The molecule has 0 aliphatic carbocycles. The Morgan fingerprint density at radius 3 is 2.42 bits per heavy atom. The van der Waals surface area contributed by atoms with Crippen molar-refractivity contribution < 1.29 is 14.3 Å². The van der Waals surface area contributed by atoms with Crippen LogP contribution in [0.15, 0.2) is 66.9 Å². The van der Waals surface area contributed by atoms with Crippen LogP contribution in [0.25, 0.3) is 11.3 Å². The maximum atomic E-state index is 12.6. The first-order valence-corrected chi connectivity index (χ1v) is 7.57. The van der Waals surface area contributed by atoms with E-state index in [0.29, 0.717) is 17.1 Å². The molecule has 0 atom stereocenters. The highest BCUT2D eigenvalue weighted by Gasteiger charge is 2.17. The molecule has 1 heterocycles. The van der Waals surface area contributed by atoms with E-state index >= 15 is 0 Å². The van der Waals surface area contributed by atoms with Gasteiger partial charge in [0.25, 0.3) is 0 Å². The number of methoxy groups -OCH3 is 1. The lowest BCUT2D eigenvalue weighted by Gasteiger charge is -2.13. The summed E-state index contributed by atoms with van der Waals surface area (Å²) in [6.07, 6.45) is 1.72. The summed E-state index contributed by atoms with van der Waals surface area (Å²) in [6, 6.07) is 18.2. The van der Waals surface area contributed by atoms with Gasteiger partial charge in [-0.1, -0.05) is 30.3 Å². The monoisotopic (exact) mass is 319 g/mol. The van der Waals surface area contributed by atoms with Crippen LogP contribution in [0.2, 0.25) is 0 Å². The fraction of sp³-hybridized carbons (Fsp3) is 0.100. The zero-order valence-electron chi connectivity index (χ0n) is 13.5. The molecule has 0 spiro atoms. The van der Waals surface area contributed by atoms with Crippen LogP contribution in [0.4, 0.5) is 0 Å². The van der Waals surface area contributed by atoms with Gasteiger partial charge in [-0.3, -0.25) is 4.98 Å². The summed E-state index contributed by atoms with van der Waals surface area (Å²) in [5, 5.41) is 0. The van der Waals surface area contributed by atoms with Crippen LogP contribution in [-0.4, -0.2) is 18.1 Å².